The van der Waals surface area contributed by atoms with Gasteiger partial charge in [-0.05, 0) is 73.1 Å². The van der Waals surface area contributed by atoms with E-state index in [0.29, 0.717) is 79.2 Å². The Morgan fingerprint density at radius 3 is 2.55 bits per heavy atom. The van der Waals surface area contributed by atoms with Crippen LogP contribution < -0.4 is 16.2 Å². The molecular weight excluding hydrogens is 532 g/mol. The first-order valence-electron chi connectivity index (χ1n) is 14.2. The maximum atomic E-state index is 14.1. The number of hydrogen-bond acceptors (Lipinski definition) is 7. The molecule has 1 saturated carbocycles. The third-order valence-corrected chi connectivity index (χ3v) is 8.66. The van der Waals surface area contributed by atoms with Crippen molar-refractivity contribution >= 4 is 22.8 Å². The number of fused-ring (bicyclic) bond motifs is 2. The van der Waals surface area contributed by atoms with Crippen LogP contribution >= 0.6 is 0 Å². The fourth-order valence-corrected chi connectivity index (χ4v) is 6.47. The van der Waals surface area contributed by atoms with Crippen molar-refractivity contribution in [2.75, 3.05) is 32.0 Å². The lowest BCUT2D eigenvalue weighted by Crippen LogP contribution is -2.43. The minimum Gasteiger partial charge on any atom is -0.457 e. The topological polar surface area (TPSA) is 128 Å². The second kappa shape index (κ2) is 10.5. The van der Waals surface area contributed by atoms with E-state index in [-0.39, 0.29) is 34.9 Å². The lowest BCUT2D eigenvalue weighted by molar-refractivity contribution is -0.128. The van der Waals surface area contributed by atoms with E-state index in [2.05, 4.69) is 11.1 Å². The van der Waals surface area contributed by atoms with Crippen molar-refractivity contribution in [1.29, 1.82) is 5.26 Å². The van der Waals surface area contributed by atoms with Gasteiger partial charge in [-0.2, -0.15) is 5.26 Å². The van der Waals surface area contributed by atoms with E-state index >= 15 is 0 Å². The smallest absolute Gasteiger partial charge is 0.334 e. The number of rotatable bonds is 6. The van der Waals surface area contributed by atoms with Crippen LogP contribution in [-0.4, -0.2) is 51.2 Å². The molecule has 2 N–H and O–H groups in total. The number of nitrogens with two attached hydrogens (primary N) is 1. The second-order valence-electron chi connectivity index (χ2n) is 11.1. The monoisotopic (exact) mass is 562 g/mol. The van der Waals surface area contributed by atoms with Crippen molar-refractivity contribution in [3.63, 3.8) is 0 Å². The van der Waals surface area contributed by atoms with Gasteiger partial charge < -0.3 is 20.1 Å². The summed E-state index contributed by atoms with van der Waals surface area (Å²) in [5.74, 6) is 2.38. The third kappa shape index (κ3) is 4.52. The van der Waals surface area contributed by atoms with Gasteiger partial charge in [0.25, 0.3) is 5.91 Å². The minimum atomic E-state index is -0.282. The fourth-order valence-electron chi connectivity index (χ4n) is 6.47. The predicted molar refractivity (Wildman–Crippen MR) is 156 cm³/mol. The predicted octanol–water partition coefficient (Wildman–Crippen LogP) is 4.07. The zero-order valence-electron chi connectivity index (χ0n) is 22.9. The molecule has 0 spiro atoms. The van der Waals surface area contributed by atoms with Crippen LogP contribution in [0.2, 0.25) is 0 Å². The van der Waals surface area contributed by atoms with Crippen LogP contribution in [0.15, 0.2) is 83.3 Å². The van der Waals surface area contributed by atoms with Crippen molar-refractivity contribution < 1.29 is 14.3 Å². The summed E-state index contributed by atoms with van der Waals surface area (Å²) in [7, 11) is 0. The van der Waals surface area contributed by atoms with Crippen molar-refractivity contribution in [1.82, 2.24) is 19.0 Å². The molecule has 2 aliphatic heterocycles. The Morgan fingerprint density at radius 2 is 1.81 bits per heavy atom. The Balaban J connectivity index is 1.19. The molecule has 2 aromatic carbocycles. The van der Waals surface area contributed by atoms with E-state index in [0.717, 1.165) is 0 Å². The lowest BCUT2D eigenvalue weighted by Gasteiger charge is -2.33. The number of benzene rings is 2. The summed E-state index contributed by atoms with van der Waals surface area (Å²) in [6.45, 7) is 2.25. The van der Waals surface area contributed by atoms with Crippen LogP contribution in [0.3, 0.4) is 0 Å². The van der Waals surface area contributed by atoms with Gasteiger partial charge in [0.1, 0.15) is 34.5 Å². The number of amides is 1. The zero-order chi connectivity index (χ0) is 28.8. The Labute approximate surface area is 242 Å². The number of hydrogen-bond donors (Lipinski definition) is 1. The quantitative estimate of drug-likeness (QED) is 0.277. The number of nitrogen functional groups attached to an aromatic ring is 1. The SMILES string of the molecule is N#CC(=CC1[C@H]2COC[C@@H]12)C(=O)N1CCC[C@@H](n2c(=O)n(-c3ccc(Oc4ccccc4)cc3)c3c(N)nccc32)C1. The highest BCUT2D eigenvalue weighted by molar-refractivity contribution is 5.97. The number of carbonyl (C=O) groups excluding carboxylic acids is 1. The molecule has 42 heavy (non-hydrogen) atoms. The molecule has 1 aliphatic carbocycles. The lowest BCUT2D eigenvalue weighted by atomic mass is 10.0. The maximum absolute atomic E-state index is 14.1. The van der Waals surface area contributed by atoms with Crippen molar-refractivity contribution in [3.05, 3.63) is 89.0 Å². The number of nitrogens with zero attached hydrogens (tertiary/aromatic N) is 5. The van der Waals surface area contributed by atoms with E-state index in [1.807, 2.05) is 48.5 Å². The van der Waals surface area contributed by atoms with E-state index in [9.17, 15) is 14.9 Å². The molecule has 4 heterocycles. The summed E-state index contributed by atoms with van der Waals surface area (Å²) in [5, 5.41) is 9.81. The molecule has 0 radical (unpaired) electrons. The number of likely N-dealkylation sites (tertiary alicyclic amines) is 1. The van der Waals surface area contributed by atoms with Crippen LogP contribution in [0, 0.1) is 29.1 Å². The summed E-state index contributed by atoms with van der Waals surface area (Å²) in [6, 6.07) is 20.3. The number of carbonyl (C=O) groups is 1. The standard InChI is InChI=1S/C32H30N6O4/c33-16-20(15-25-26-18-41-19-27(25)26)31(39)36-14-4-5-22(17-36)37-28-12-13-35-30(34)29(28)38(32(37)40)21-8-10-24(11-9-21)42-23-6-2-1-3-7-23/h1-3,6-13,15,22,25-27H,4-5,14,17-19H2,(H2,34,35)/t22-,25?,26-,27+/m1/s1. The summed E-state index contributed by atoms with van der Waals surface area (Å²) < 4.78 is 14.7. The van der Waals surface area contributed by atoms with Crippen LogP contribution in [0.4, 0.5) is 5.82 Å². The largest absolute Gasteiger partial charge is 0.457 e. The number of anilines is 1. The summed E-state index contributed by atoms with van der Waals surface area (Å²) in [5.41, 5.74) is 8.05. The summed E-state index contributed by atoms with van der Waals surface area (Å²) in [4.78, 5) is 33.5. The Bertz CT molecular complexity index is 1780. The Morgan fingerprint density at radius 1 is 1.07 bits per heavy atom. The van der Waals surface area contributed by atoms with Crippen LogP contribution in [0.25, 0.3) is 16.7 Å². The highest BCUT2D eigenvalue weighted by Crippen LogP contribution is 2.52. The third-order valence-electron chi connectivity index (χ3n) is 8.66. The van der Waals surface area contributed by atoms with Gasteiger partial charge in [0.2, 0.25) is 0 Å². The Hall–Kier alpha value is -4.88. The average molecular weight is 563 g/mol. The highest BCUT2D eigenvalue weighted by Gasteiger charge is 2.53. The molecule has 3 aliphatic rings. The number of allylic oxidation sites excluding steroid dienone is 1. The number of imidazole rings is 1. The Kier molecular flexibility index (Phi) is 6.52. The zero-order valence-corrected chi connectivity index (χ0v) is 22.9. The molecule has 212 valence electrons. The van der Waals surface area contributed by atoms with Crippen LogP contribution in [-0.2, 0) is 9.53 Å². The summed E-state index contributed by atoms with van der Waals surface area (Å²) in [6.07, 6.45) is 4.85. The average Bonchev–Trinajstić information content (AvgIpc) is 3.29. The molecular formula is C32H30N6O4. The number of pyridine rings is 1. The molecule has 7 rings (SSSR count). The van der Waals surface area contributed by atoms with Gasteiger partial charge in [0.15, 0.2) is 0 Å². The van der Waals surface area contributed by atoms with Crippen molar-refractivity contribution in [3.8, 4) is 23.3 Å². The van der Waals surface area contributed by atoms with Gasteiger partial charge in [-0.25, -0.2) is 9.78 Å². The number of nitriles is 1. The number of piperidine rings is 1. The van der Waals surface area contributed by atoms with Crippen molar-refractivity contribution in [2.24, 2.45) is 17.8 Å². The number of ether oxygens (including phenoxy) is 2. The maximum Gasteiger partial charge on any atom is 0.334 e. The molecule has 10 nitrogen and oxygen atoms in total. The molecule has 3 fully saturated rings. The second-order valence-corrected chi connectivity index (χ2v) is 11.1. The van der Waals surface area contributed by atoms with Gasteiger partial charge in [-0.1, -0.05) is 24.3 Å². The normalized spacial score (nSPS) is 23.4. The first-order valence-corrected chi connectivity index (χ1v) is 14.2. The molecule has 2 aromatic heterocycles. The van der Waals surface area contributed by atoms with Crippen LogP contribution in [0.1, 0.15) is 18.9 Å². The first kappa shape index (κ1) is 26.0. The molecule has 4 atom stereocenters. The molecule has 0 bridgehead atoms. The minimum absolute atomic E-state index is 0.177. The number of aromatic nitrogens is 3. The van der Waals surface area contributed by atoms with Crippen molar-refractivity contribution in [2.45, 2.75) is 18.9 Å². The fraction of sp³-hybridized carbons (Fsp3) is 0.312. The van der Waals surface area contributed by atoms with Crippen LogP contribution in [0.5, 0.6) is 11.5 Å². The van der Waals surface area contributed by atoms with E-state index in [1.54, 1.807) is 38.4 Å². The molecule has 1 amide bonds. The van der Waals surface area contributed by atoms with E-state index in [1.165, 1.54) is 0 Å². The molecule has 4 aromatic rings. The number of para-hydroxylation sites is 1. The first-order chi connectivity index (χ1) is 20.5. The molecule has 2 saturated heterocycles. The van der Waals surface area contributed by atoms with E-state index < -0.39 is 0 Å². The molecule has 10 heteroatoms. The van der Waals surface area contributed by atoms with E-state index in [4.69, 9.17) is 15.2 Å². The summed E-state index contributed by atoms with van der Waals surface area (Å²) >= 11 is 0. The van der Waals surface area contributed by atoms with Gasteiger partial charge >= 0.3 is 5.69 Å². The van der Waals surface area contributed by atoms with Gasteiger partial charge in [-0.15, -0.1) is 0 Å². The van der Waals surface area contributed by atoms with Gasteiger partial charge in [-0.3, -0.25) is 13.9 Å². The highest BCUT2D eigenvalue weighted by atomic mass is 16.5. The molecule has 1 unspecified atom stereocenters. The van der Waals surface area contributed by atoms with Gasteiger partial charge in [0, 0.05) is 19.3 Å². The van der Waals surface area contributed by atoms with Gasteiger partial charge in [0.05, 0.1) is 30.5 Å².